The summed E-state index contributed by atoms with van der Waals surface area (Å²) in [6.07, 6.45) is -5.50. The Kier molecular flexibility index (Phi) is 4.64. The SMILES string of the molecule is CCC(=O)NC1(C(F)(F)F)C(=O)Nc2nc3c(F)c(-c4ccc(OC)cc4)ccc3n21. The highest BCUT2D eigenvalue weighted by atomic mass is 19.4. The fraction of sp³-hybridized carbons (Fsp3) is 0.250. The molecular weight excluding hydrogens is 420 g/mol. The van der Waals surface area contributed by atoms with Crippen molar-refractivity contribution in [2.75, 3.05) is 12.4 Å². The third kappa shape index (κ3) is 2.91. The molecule has 31 heavy (non-hydrogen) atoms. The molecule has 1 aliphatic rings. The molecule has 1 aliphatic heterocycles. The maximum absolute atomic E-state index is 15.3. The summed E-state index contributed by atoms with van der Waals surface area (Å²) in [6, 6.07) is 8.93. The lowest BCUT2D eigenvalue weighted by molar-refractivity contribution is -0.217. The van der Waals surface area contributed by atoms with Crippen molar-refractivity contribution in [1.29, 1.82) is 0 Å². The molecular formula is C20H16F4N4O3. The number of hydrogen-bond donors (Lipinski definition) is 2. The minimum absolute atomic E-state index is 0.105. The third-order valence-electron chi connectivity index (χ3n) is 5.11. The van der Waals surface area contributed by atoms with Crippen LogP contribution in [0.5, 0.6) is 5.75 Å². The van der Waals surface area contributed by atoms with Gasteiger partial charge in [-0.3, -0.25) is 19.5 Å². The summed E-state index contributed by atoms with van der Waals surface area (Å²) >= 11 is 0. The second-order valence-corrected chi connectivity index (χ2v) is 6.86. The Labute approximate surface area is 173 Å². The zero-order valence-electron chi connectivity index (χ0n) is 16.3. The van der Waals surface area contributed by atoms with E-state index in [4.69, 9.17) is 4.74 Å². The van der Waals surface area contributed by atoms with Gasteiger partial charge in [-0.05, 0) is 29.8 Å². The fourth-order valence-electron chi connectivity index (χ4n) is 3.55. The number of rotatable bonds is 4. The number of imidazole rings is 1. The Balaban J connectivity index is 1.93. The first-order valence-corrected chi connectivity index (χ1v) is 9.19. The number of benzene rings is 2. The van der Waals surface area contributed by atoms with Gasteiger partial charge in [0.05, 0.1) is 12.6 Å². The van der Waals surface area contributed by atoms with Gasteiger partial charge < -0.3 is 10.1 Å². The number of carbonyl (C=O) groups excluding carboxylic acids is 2. The van der Waals surface area contributed by atoms with E-state index >= 15 is 4.39 Å². The smallest absolute Gasteiger partial charge is 0.440 e. The number of amides is 2. The third-order valence-corrected chi connectivity index (χ3v) is 5.11. The standard InChI is InChI=1S/C20H16F4N4O3/c1-3-14(29)27-19(20(22,23)24)17(30)26-18-25-16-13(28(18)19)9-8-12(15(16)21)10-4-6-11(31-2)7-5-10/h4-9H,3H2,1-2H3,(H,27,29)(H,25,26,30). The predicted molar refractivity (Wildman–Crippen MR) is 103 cm³/mol. The second kappa shape index (κ2) is 6.96. The van der Waals surface area contributed by atoms with Crippen LogP contribution in [0.1, 0.15) is 13.3 Å². The van der Waals surface area contributed by atoms with Crippen LogP contribution in [0, 0.1) is 5.82 Å². The first-order chi connectivity index (χ1) is 14.6. The fourth-order valence-corrected chi connectivity index (χ4v) is 3.55. The number of anilines is 1. The lowest BCUT2D eigenvalue weighted by atomic mass is 10.0. The highest BCUT2D eigenvalue weighted by Gasteiger charge is 2.67. The molecule has 2 aromatic carbocycles. The van der Waals surface area contributed by atoms with E-state index < -0.39 is 35.4 Å². The van der Waals surface area contributed by atoms with E-state index in [1.54, 1.807) is 29.6 Å². The van der Waals surface area contributed by atoms with E-state index in [0.29, 0.717) is 15.9 Å². The predicted octanol–water partition coefficient (Wildman–Crippen LogP) is 3.54. The Bertz CT molecular complexity index is 1200. The van der Waals surface area contributed by atoms with Crippen LogP contribution in [0.15, 0.2) is 36.4 Å². The molecule has 0 bridgehead atoms. The zero-order chi connectivity index (χ0) is 22.6. The molecule has 4 rings (SSSR count). The van der Waals surface area contributed by atoms with Gasteiger partial charge in [0.2, 0.25) is 11.9 Å². The number of fused-ring (bicyclic) bond motifs is 3. The van der Waals surface area contributed by atoms with Crippen LogP contribution >= 0.6 is 0 Å². The minimum Gasteiger partial charge on any atom is -0.497 e. The summed E-state index contributed by atoms with van der Waals surface area (Å²) in [5.41, 5.74) is -3.54. The molecule has 1 atom stereocenters. The number of hydrogen-bond acceptors (Lipinski definition) is 4. The largest absolute Gasteiger partial charge is 0.497 e. The van der Waals surface area contributed by atoms with Crippen LogP contribution in [0.25, 0.3) is 22.2 Å². The number of nitrogens with one attached hydrogen (secondary N) is 2. The minimum atomic E-state index is -5.22. The molecule has 1 unspecified atom stereocenters. The molecule has 1 aromatic heterocycles. The van der Waals surface area contributed by atoms with Crippen molar-refractivity contribution in [2.45, 2.75) is 25.2 Å². The lowest BCUT2D eigenvalue weighted by Crippen LogP contribution is -2.63. The number of methoxy groups -OCH3 is 1. The van der Waals surface area contributed by atoms with Crippen molar-refractivity contribution in [2.24, 2.45) is 0 Å². The van der Waals surface area contributed by atoms with Gasteiger partial charge in [-0.15, -0.1) is 0 Å². The number of carbonyl (C=O) groups is 2. The molecule has 3 aromatic rings. The van der Waals surface area contributed by atoms with Crippen LogP contribution < -0.4 is 15.4 Å². The molecule has 0 radical (unpaired) electrons. The van der Waals surface area contributed by atoms with Gasteiger partial charge in [-0.2, -0.15) is 13.2 Å². The van der Waals surface area contributed by atoms with Crippen LogP contribution in [-0.2, 0) is 15.3 Å². The molecule has 2 heterocycles. The Morgan fingerprint density at radius 2 is 1.90 bits per heavy atom. The summed E-state index contributed by atoms with van der Waals surface area (Å²) in [5, 5.41) is 3.77. The van der Waals surface area contributed by atoms with Crippen molar-refractivity contribution in [3.05, 3.63) is 42.2 Å². The van der Waals surface area contributed by atoms with E-state index in [0.717, 1.165) is 0 Å². The van der Waals surface area contributed by atoms with Gasteiger partial charge in [0.1, 0.15) is 11.3 Å². The average molecular weight is 436 g/mol. The monoisotopic (exact) mass is 436 g/mol. The van der Waals surface area contributed by atoms with Gasteiger partial charge >= 0.3 is 6.18 Å². The van der Waals surface area contributed by atoms with Crippen LogP contribution in [0.3, 0.4) is 0 Å². The first kappa shape index (κ1) is 20.6. The van der Waals surface area contributed by atoms with Crippen molar-refractivity contribution >= 4 is 28.8 Å². The average Bonchev–Trinajstić information content (AvgIpc) is 3.23. The number of alkyl halides is 3. The first-order valence-electron chi connectivity index (χ1n) is 9.19. The molecule has 7 nitrogen and oxygen atoms in total. The highest BCUT2D eigenvalue weighted by Crippen LogP contribution is 2.45. The summed E-state index contributed by atoms with van der Waals surface area (Å²) in [5.74, 6) is -3.35. The summed E-state index contributed by atoms with van der Waals surface area (Å²) in [6.45, 7) is 1.35. The van der Waals surface area contributed by atoms with Crippen LogP contribution in [-0.4, -0.2) is 34.7 Å². The van der Waals surface area contributed by atoms with Gasteiger partial charge in [0.15, 0.2) is 5.82 Å². The van der Waals surface area contributed by atoms with Crippen molar-refractivity contribution in [1.82, 2.24) is 14.9 Å². The topological polar surface area (TPSA) is 85.2 Å². The molecule has 2 N–H and O–H groups in total. The maximum atomic E-state index is 15.3. The normalized spacial score (nSPS) is 18.1. The Morgan fingerprint density at radius 3 is 2.48 bits per heavy atom. The number of nitrogens with zero attached hydrogens (tertiary/aromatic N) is 2. The molecule has 0 saturated heterocycles. The van der Waals surface area contributed by atoms with Crippen LogP contribution in [0.4, 0.5) is 23.5 Å². The van der Waals surface area contributed by atoms with Gasteiger partial charge in [-0.1, -0.05) is 19.1 Å². The summed E-state index contributed by atoms with van der Waals surface area (Å²) in [7, 11) is 1.48. The van der Waals surface area contributed by atoms with Crippen molar-refractivity contribution in [3.8, 4) is 16.9 Å². The Morgan fingerprint density at radius 1 is 1.23 bits per heavy atom. The quantitative estimate of drug-likeness (QED) is 0.613. The highest BCUT2D eigenvalue weighted by molar-refractivity contribution is 6.05. The van der Waals surface area contributed by atoms with E-state index in [2.05, 4.69) is 4.98 Å². The Hall–Kier alpha value is -3.63. The van der Waals surface area contributed by atoms with Crippen LogP contribution in [0.2, 0.25) is 0 Å². The van der Waals surface area contributed by atoms with Gasteiger partial charge in [-0.25, -0.2) is 9.37 Å². The number of halogens is 4. The zero-order valence-corrected chi connectivity index (χ0v) is 16.3. The summed E-state index contributed by atoms with van der Waals surface area (Å²) < 4.78 is 63.2. The molecule has 2 amide bonds. The molecule has 162 valence electrons. The molecule has 0 aliphatic carbocycles. The molecule has 0 saturated carbocycles. The van der Waals surface area contributed by atoms with E-state index in [1.807, 2.05) is 5.32 Å². The van der Waals surface area contributed by atoms with Gasteiger partial charge in [0.25, 0.3) is 11.6 Å². The molecule has 0 fully saturated rings. The summed E-state index contributed by atoms with van der Waals surface area (Å²) in [4.78, 5) is 28.1. The number of aromatic nitrogens is 2. The number of ether oxygens (including phenoxy) is 1. The maximum Gasteiger partial charge on any atom is 0.440 e. The van der Waals surface area contributed by atoms with Crippen molar-refractivity contribution in [3.63, 3.8) is 0 Å². The van der Waals surface area contributed by atoms with Crippen molar-refractivity contribution < 1.29 is 31.9 Å². The lowest BCUT2D eigenvalue weighted by Gasteiger charge is -2.31. The van der Waals surface area contributed by atoms with Gasteiger partial charge in [0, 0.05) is 12.0 Å². The van der Waals surface area contributed by atoms with E-state index in [1.165, 1.54) is 26.2 Å². The van der Waals surface area contributed by atoms with E-state index in [9.17, 15) is 22.8 Å². The van der Waals surface area contributed by atoms with E-state index in [-0.39, 0.29) is 23.0 Å². The second-order valence-electron chi connectivity index (χ2n) is 6.86. The molecule has 11 heteroatoms. The molecule has 0 spiro atoms.